The lowest BCUT2D eigenvalue weighted by molar-refractivity contribution is -0.116. The van der Waals surface area contributed by atoms with Crippen LogP contribution in [0.25, 0.3) is 11.3 Å². The molecule has 104 valence electrons. The van der Waals surface area contributed by atoms with Crippen LogP contribution in [0.15, 0.2) is 36.5 Å². The van der Waals surface area contributed by atoms with Crippen molar-refractivity contribution in [1.29, 1.82) is 0 Å². The van der Waals surface area contributed by atoms with Crippen LogP contribution in [0.5, 0.6) is 0 Å². The molecule has 1 aromatic carbocycles. The van der Waals surface area contributed by atoms with E-state index in [1.165, 1.54) is 0 Å². The van der Waals surface area contributed by atoms with Gasteiger partial charge in [-0.15, -0.1) is 0 Å². The SMILES string of the molecule is CNCCC(=O)Nc1cccc(-c2ccnc(C)n2)c1. The highest BCUT2D eigenvalue weighted by atomic mass is 16.1. The Balaban J connectivity index is 2.14. The van der Waals surface area contributed by atoms with Crippen molar-refractivity contribution in [3.8, 4) is 11.3 Å². The number of aromatic nitrogens is 2. The molecule has 2 aromatic rings. The second kappa shape index (κ2) is 6.77. The van der Waals surface area contributed by atoms with Gasteiger partial charge in [0.15, 0.2) is 0 Å². The van der Waals surface area contributed by atoms with Gasteiger partial charge in [-0.05, 0) is 32.2 Å². The fraction of sp³-hybridized carbons (Fsp3) is 0.267. The van der Waals surface area contributed by atoms with Crippen molar-refractivity contribution in [3.63, 3.8) is 0 Å². The molecule has 0 radical (unpaired) electrons. The van der Waals surface area contributed by atoms with E-state index in [1.54, 1.807) is 6.20 Å². The number of hydrogen-bond acceptors (Lipinski definition) is 4. The third-order valence-electron chi connectivity index (χ3n) is 2.82. The molecule has 2 N–H and O–H groups in total. The molecule has 0 fully saturated rings. The lowest BCUT2D eigenvalue weighted by Crippen LogP contribution is -2.18. The Kier molecular flexibility index (Phi) is 4.79. The average molecular weight is 270 g/mol. The molecule has 1 amide bonds. The first-order chi connectivity index (χ1) is 9.69. The van der Waals surface area contributed by atoms with Crippen molar-refractivity contribution in [2.24, 2.45) is 0 Å². The summed E-state index contributed by atoms with van der Waals surface area (Å²) in [5, 5.41) is 5.83. The van der Waals surface area contributed by atoms with Gasteiger partial charge < -0.3 is 10.6 Å². The number of aryl methyl sites for hydroxylation is 1. The van der Waals surface area contributed by atoms with Gasteiger partial charge in [0.25, 0.3) is 0 Å². The molecule has 1 aromatic heterocycles. The number of nitrogens with one attached hydrogen (secondary N) is 2. The highest BCUT2D eigenvalue weighted by Gasteiger charge is 2.04. The lowest BCUT2D eigenvalue weighted by Gasteiger charge is -2.07. The van der Waals surface area contributed by atoms with Crippen LogP contribution in [0.3, 0.4) is 0 Å². The van der Waals surface area contributed by atoms with Crippen molar-refractivity contribution >= 4 is 11.6 Å². The number of hydrogen-bond donors (Lipinski definition) is 2. The van der Waals surface area contributed by atoms with E-state index in [0.717, 1.165) is 22.8 Å². The van der Waals surface area contributed by atoms with Crippen LogP contribution in [-0.2, 0) is 4.79 Å². The summed E-state index contributed by atoms with van der Waals surface area (Å²) < 4.78 is 0. The Morgan fingerprint density at radius 2 is 2.15 bits per heavy atom. The van der Waals surface area contributed by atoms with Crippen molar-refractivity contribution in [2.75, 3.05) is 18.9 Å². The van der Waals surface area contributed by atoms with E-state index in [-0.39, 0.29) is 5.91 Å². The van der Waals surface area contributed by atoms with Crippen LogP contribution in [-0.4, -0.2) is 29.5 Å². The smallest absolute Gasteiger partial charge is 0.225 e. The normalized spacial score (nSPS) is 10.3. The monoisotopic (exact) mass is 270 g/mol. The summed E-state index contributed by atoms with van der Waals surface area (Å²) in [6.45, 7) is 2.52. The summed E-state index contributed by atoms with van der Waals surface area (Å²) in [5.41, 5.74) is 2.59. The quantitative estimate of drug-likeness (QED) is 0.872. The molecular formula is C15H18N4O. The minimum absolute atomic E-state index is 0.00429. The number of amides is 1. The summed E-state index contributed by atoms with van der Waals surface area (Å²) in [4.78, 5) is 20.2. The molecule has 0 atom stereocenters. The molecule has 0 unspecified atom stereocenters. The van der Waals surface area contributed by atoms with E-state index in [4.69, 9.17) is 0 Å². The van der Waals surface area contributed by atoms with Gasteiger partial charge in [0, 0.05) is 30.4 Å². The third kappa shape index (κ3) is 3.86. The number of carbonyl (C=O) groups excluding carboxylic acids is 1. The fourth-order valence-corrected chi connectivity index (χ4v) is 1.84. The molecule has 5 heteroatoms. The summed E-state index contributed by atoms with van der Waals surface area (Å²) in [7, 11) is 1.82. The van der Waals surface area contributed by atoms with Gasteiger partial charge in [-0.1, -0.05) is 12.1 Å². The predicted octanol–water partition coefficient (Wildman–Crippen LogP) is 2.00. The summed E-state index contributed by atoms with van der Waals surface area (Å²) in [6.07, 6.45) is 2.18. The largest absolute Gasteiger partial charge is 0.326 e. The number of carbonyl (C=O) groups is 1. The average Bonchev–Trinajstić information content (AvgIpc) is 2.45. The fourth-order valence-electron chi connectivity index (χ4n) is 1.84. The number of rotatable bonds is 5. The van der Waals surface area contributed by atoms with Gasteiger partial charge in [-0.25, -0.2) is 9.97 Å². The molecule has 0 aliphatic rings. The van der Waals surface area contributed by atoms with Gasteiger partial charge >= 0.3 is 0 Å². The highest BCUT2D eigenvalue weighted by Crippen LogP contribution is 2.20. The number of nitrogens with zero attached hydrogens (tertiary/aromatic N) is 2. The minimum atomic E-state index is -0.00429. The molecule has 20 heavy (non-hydrogen) atoms. The van der Waals surface area contributed by atoms with Gasteiger partial charge in [-0.2, -0.15) is 0 Å². The maximum Gasteiger partial charge on any atom is 0.225 e. The maximum absolute atomic E-state index is 11.7. The van der Waals surface area contributed by atoms with E-state index in [9.17, 15) is 4.79 Å². The number of anilines is 1. The molecule has 0 bridgehead atoms. The van der Waals surface area contributed by atoms with Crippen molar-refractivity contribution in [3.05, 3.63) is 42.4 Å². The zero-order chi connectivity index (χ0) is 14.4. The molecule has 1 heterocycles. The Hall–Kier alpha value is -2.27. The van der Waals surface area contributed by atoms with Gasteiger partial charge in [0.1, 0.15) is 5.82 Å². The van der Waals surface area contributed by atoms with E-state index < -0.39 is 0 Å². The van der Waals surface area contributed by atoms with Crippen LogP contribution in [0.2, 0.25) is 0 Å². The second-order valence-electron chi connectivity index (χ2n) is 4.47. The summed E-state index contributed by atoms with van der Waals surface area (Å²) >= 11 is 0. The minimum Gasteiger partial charge on any atom is -0.326 e. The highest BCUT2D eigenvalue weighted by molar-refractivity contribution is 5.91. The summed E-state index contributed by atoms with van der Waals surface area (Å²) in [6, 6.07) is 9.51. The van der Waals surface area contributed by atoms with Crippen molar-refractivity contribution < 1.29 is 4.79 Å². The van der Waals surface area contributed by atoms with Gasteiger partial charge in [-0.3, -0.25) is 4.79 Å². The Morgan fingerprint density at radius 3 is 2.90 bits per heavy atom. The van der Waals surface area contributed by atoms with Crippen LogP contribution in [0.4, 0.5) is 5.69 Å². The van der Waals surface area contributed by atoms with Gasteiger partial charge in [0.2, 0.25) is 5.91 Å². The molecule has 0 aliphatic heterocycles. The Labute approximate surface area is 118 Å². The zero-order valence-electron chi connectivity index (χ0n) is 11.7. The van der Waals surface area contributed by atoms with Gasteiger partial charge in [0.05, 0.1) is 5.69 Å². The Morgan fingerprint density at radius 1 is 1.30 bits per heavy atom. The van der Waals surface area contributed by atoms with Crippen molar-refractivity contribution in [1.82, 2.24) is 15.3 Å². The standard InChI is InChI=1S/C15H18N4O/c1-11-17-9-6-14(18-11)12-4-3-5-13(10-12)19-15(20)7-8-16-2/h3-6,9-10,16H,7-8H2,1-2H3,(H,19,20). The maximum atomic E-state index is 11.7. The third-order valence-corrected chi connectivity index (χ3v) is 2.82. The zero-order valence-corrected chi connectivity index (χ0v) is 11.7. The second-order valence-corrected chi connectivity index (χ2v) is 4.47. The van der Waals surface area contributed by atoms with E-state index in [2.05, 4.69) is 20.6 Å². The van der Waals surface area contributed by atoms with Crippen LogP contribution >= 0.6 is 0 Å². The molecule has 0 saturated carbocycles. The van der Waals surface area contributed by atoms with Crippen LogP contribution in [0.1, 0.15) is 12.2 Å². The molecule has 5 nitrogen and oxygen atoms in total. The Bertz CT molecular complexity index is 598. The van der Waals surface area contributed by atoms with Crippen LogP contribution in [0, 0.1) is 6.92 Å². The topological polar surface area (TPSA) is 66.9 Å². The van der Waals surface area contributed by atoms with Crippen LogP contribution < -0.4 is 10.6 Å². The van der Waals surface area contributed by atoms with E-state index in [0.29, 0.717) is 13.0 Å². The first kappa shape index (κ1) is 14.1. The number of benzene rings is 1. The predicted molar refractivity (Wildman–Crippen MR) is 79.4 cm³/mol. The molecule has 0 aliphatic carbocycles. The summed E-state index contributed by atoms with van der Waals surface area (Å²) in [5.74, 6) is 0.723. The first-order valence-electron chi connectivity index (χ1n) is 6.53. The van der Waals surface area contributed by atoms with E-state index in [1.807, 2.05) is 44.3 Å². The molecular weight excluding hydrogens is 252 g/mol. The molecule has 2 rings (SSSR count). The molecule has 0 spiro atoms. The molecule has 0 saturated heterocycles. The van der Waals surface area contributed by atoms with E-state index >= 15 is 0 Å². The first-order valence-corrected chi connectivity index (χ1v) is 6.53. The van der Waals surface area contributed by atoms with Crippen molar-refractivity contribution in [2.45, 2.75) is 13.3 Å². The lowest BCUT2D eigenvalue weighted by atomic mass is 10.1.